The van der Waals surface area contributed by atoms with Gasteiger partial charge in [0, 0.05) is 32.0 Å². The van der Waals surface area contributed by atoms with Gasteiger partial charge in [0.25, 0.3) is 0 Å². The molecule has 3 fully saturated rings. The lowest BCUT2D eigenvalue weighted by atomic mass is 9.81. The summed E-state index contributed by atoms with van der Waals surface area (Å²) in [6.07, 6.45) is 20.3. The van der Waals surface area contributed by atoms with Gasteiger partial charge in [-0.15, -0.1) is 0 Å². The van der Waals surface area contributed by atoms with Crippen LogP contribution in [0.2, 0.25) is 0 Å². The second-order valence-corrected chi connectivity index (χ2v) is 12.9. The first kappa shape index (κ1) is 34.0. The van der Waals surface area contributed by atoms with E-state index >= 15 is 0 Å². The fraction of sp³-hybridized carbons (Fsp3) is 0.794. The largest absolute Gasteiger partial charge is 0.469 e. The van der Waals surface area contributed by atoms with Crippen molar-refractivity contribution in [1.29, 1.82) is 0 Å². The third-order valence-corrected chi connectivity index (χ3v) is 8.66. The Bertz CT molecular complexity index is 847. The smallest absolute Gasteiger partial charge is 0.305 e. The lowest BCUT2D eigenvalue weighted by Crippen LogP contribution is -2.36. The second kappa shape index (κ2) is 17.6. The zero-order valence-corrected chi connectivity index (χ0v) is 26.2. The van der Waals surface area contributed by atoms with Crippen molar-refractivity contribution in [3.8, 4) is 0 Å². The zero-order chi connectivity index (χ0) is 29.7. The van der Waals surface area contributed by atoms with Gasteiger partial charge in [-0.3, -0.25) is 4.79 Å². The number of esters is 1. The number of aliphatic hydroxyl groups is 1. The van der Waals surface area contributed by atoms with Crippen molar-refractivity contribution in [2.75, 3.05) is 20.3 Å². The number of carbonyl (C=O) groups is 1. The van der Waals surface area contributed by atoms with Gasteiger partial charge >= 0.3 is 5.97 Å². The van der Waals surface area contributed by atoms with E-state index in [9.17, 15) is 9.90 Å². The molecule has 234 valence electrons. The maximum atomic E-state index is 11.4. The summed E-state index contributed by atoms with van der Waals surface area (Å²) < 4.78 is 29.8. The predicted molar refractivity (Wildman–Crippen MR) is 161 cm³/mol. The summed E-state index contributed by atoms with van der Waals surface area (Å²) in [6.45, 7) is 10.3. The van der Waals surface area contributed by atoms with E-state index in [1.54, 1.807) is 0 Å². The summed E-state index contributed by atoms with van der Waals surface area (Å²) in [4.78, 5) is 11.4. The van der Waals surface area contributed by atoms with Crippen LogP contribution in [-0.2, 0) is 28.5 Å². The molecule has 7 nitrogen and oxygen atoms in total. The van der Waals surface area contributed by atoms with Crippen LogP contribution in [0.1, 0.15) is 105 Å². The number of hydrogen-bond acceptors (Lipinski definition) is 7. The molecule has 0 spiro atoms. The number of carbonyl (C=O) groups excluding carboxylic acids is 1. The quantitative estimate of drug-likeness (QED) is 0.127. The van der Waals surface area contributed by atoms with Crippen LogP contribution in [0.4, 0.5) is 0 Å². The van der Waals surface area contributed by atoms with Gasteiger partial charge in [-0.1, -0.05) is 49.8 Å². The number of methoxy groups -OCH3 is 1. The number of rotatable bonds is 15. The van der Waals surface area contributed by atoms with Crippen LogP contribution < -0.4 is 0 Å². The lowest BCUT2D eigenvalue weighted by Gasteiger charge is -2.36. The molecule has 0 amide bonds. The SMILES string of the molecule is COC(=O)CCC/C=C\C[C@@H]1[C@@H](/C=C/[C@@H](OC2CCCCO2)C(C)(C)CC=C(C)C)[C@H](OC2CCCCO2)C[C@@H]1O. The van der Waals surface area contributed by atoms with Crippen LogP contribution >= 0.6 is 0 Å². The summed E-state index contributed by atoms with van der Waals surface area (Å²) in [6, 6.07) is 0. The predicted octanol–water partition coefficient (Wildman–Crippen LogP) is 7.04. The number of ether oxygens (including phenoxy) is 5. The summed E-state index contributed by atoms with van der Waals surface area (Å²) in [5.74, 6) is -0.111. The van der Waals surface area contributed by atoms with E-state index < -0.39 is 6.10 Å². The maximum Gasteiger partial charge on any atom is 0.305 e. The molecule has 0 bridgehead atoms. The Balaban J connectivity index is 1.77. The minimum Gasteiger partial charge on any atom is -0.469 e. The minimum absolute atomic E-state index is 0.0316. The van der Waals surface area contributed by atoms with Crippen molar-refractivity contribution in [2.45, 2.75) is 136 Å². The fourth-order valence-electron chi connectivity index (χ4n) is 5.96. The number of aliphatic hydroxyl groups excluding tert-OH is 1. The van der Waals surface area contributed by atoms with E-state index in [1.165, 1.54) is 12.7 Å². The molecular formula is C34H56O7. The van der Waals surface area contributed by atoms with Gasteiger partial charge in [-0.25, -0.2) is 0 Å². The Morgan fingerprint density at radius 2 is 1.76 bits per heavy atom. The molecule has 2 aliphatic heterocycles. The molecule has 41 heavy (non-hydrogen) atoms. The molecule has 1 N–H and O–H groups in total. The first-order chi connectivity index (χ1) is 19.7. The lowest BCUT2D eigenvalue weighted by molar-refractivity contribution is -0.197. The maximum absolute atomic E-state index is 11.4. The third kappa shape index (κ3) is 11.6. The van der Waals surface area contributed by atoms with Crippen LogP contribution in [0.25, 0.3) is 0 Å². The van der Waals surface area contributed by atoms with Crippen LogP contribution in [-0.4, -0.2) is 62.3 Å². The van der Waals surface area contributed by atoms with Crippen molar-refractivity contribution in [2.24, 2.45) is 17.3 Å². The van der Waals surface area contributed by atoms with Gasteiger partial charge in [0.05, 0.1) is 25.4 Å². The molecule has 0 aromatic heterocycles. The molecule has 0 aromatic rings. The van der Waals surface area contributed by atoms with Gasteiger partial charge in [-0.2, -0.15) is 0 Å². The van der Waals surface area contributed by atoms with E-state index in [0.29, 0.717) is 12.8 Å². The highest BCUT2D eigenvalue weighted by Gasteiger charge is 2.43. The van der Waals surface area contributed by atoms with Crippen molar-refractivity contribution >= 4 is 5.97 Å². The second-order valence-electron chi connectivity index (χ2n) is 12.9. The number of unbranched alkanes of at least 4 members (excludes halogenated alkanes) is 1. The van der Waals surface area contributed by atoms with Crippen LogP contribution in [0, 0.1) is 17.3 Å². The molecule has 1 saturated carbocycles. The Kier molecular flexibility index (Phi) is 14.6. The van der Waals surface area contributed by atoms with Crippen molar-refractivity contribution in [3.63, 3.8) is 0 Å². The summed E-state index contributed by atoms with van der Waals surface area (Å²) in [7, 11) is 1.42. The third-order valence-electron chi connectivity index (χ3n) is 8.66. The molecule has 2 heterocycles. The van der Waals surface area contributed by atoms with Gasteiger partial charge in [0.1, 0.15) is 0 Å². The van der Waals surface area contributed by atoms with Crippen molar-refractivity contribution < 1.29 is 33.6 Å². The minimum atomic E-state index is -0.460. The molecule has 2 saturated heterocycles. The molecular weight excluding hydrogens is 520 g/mol. The van der Waals surface area contributed by atoms with Gasteiger partial charge in [0.15, 0.2) is 12.6 Å². The molecule has 7 atom stereocenters. The van der Waals surface area contributed by atoms with E-state index in [4.69, 9.17) is 23.7 Å². The van der Waals surface area contributed by atoms with Gasteiger partial charge in [0.2, 0.25) is 0 Å². The average molecular weight is 577 g/mol. The van der Waals surface area contributed by atoms with E-state index in [1.807, 2.05) is 0 Å². The highest BCUT2D eigenvalue weighted by molar-refractivity contribution is 5.69. The molecule has 0 aromatic carbocycles. The Hall–Kier alpha value is -1.51. The van der Waals surface area contributed by atoms with E-state index in [0.717, 1.165) is 77.4 Å². The molecule has 3 rings (SSSR count). The molecule has 1 aliphatic carbocycles. The van der Waals surface area contributed by atoms with E-state index in [2.05, 4.69) is 58.1 Å². The van der Waals surface area contributed by atoms with Crippen molar-refractivity contribution in [3.05, 3.63) is 36.0 Å². The monoisotopic (exact) mass is 576 g/mol. The summed E-state index contributed by atoms with van der Waals surface area (Å²) >= 11 is 0. The Labute approximate surface area is 248 Å². The average Bonchev–Trinajstić information content (AvgIpc) is 3.25. The molecule has 2 unspecified atom stereocenters. The van der Waals surface area contributed by atoms with Gasteiger partial charge in [-0.05, 0) is 89.4 Å². The Morgan fingerprint density at radius 1 is 1.05 bits per heavy atom. The highest BCUT2D eigenvalue weighted by atomic mass is 16.7. The molecule has 0 radical (unpaired) electrons. The zero-order valence-electron chi connectivity index (χ0n) is 26.2. The first-order valence-corrected chi connectivity index (χ1v) is 16.0. The number of allylic oxidation sites excluding steroid dienone is 4. The van der Waals surface area contributed by atoms with Crippen molar-refractivity contribution in [1.82, 2.24) is 0 Å². The van der Waals surface area contributed by atoms with Gasteiger partial charge < -0.3 is 28.8 Å². The van der Waals surface area contributed by atoms with Crippen LogP contribution in [0.15, 0.2) is 36.0 Å². The topological polar surface area (TPSA) is 83.5 Å². The first-order valence-electron chi connectivity index (χ1n) is 16.0. The number of hydrogen-bond donors (Lipinski definition) is 1. The summed E-state index contributed by atoms with van der Waals surface area (Å²) in [5.41, 5.74) is 1.16. The summed E-state index contributed by atoms with van der Waals surface area (Å²) in [5, 5.41) is 11.2. The normalized spacial score (nSPS) is 30.1. The highest BCUT2D eigenvalue weighted by Crippen LogP contribution is 2.41. The standard InChI is InChI=1S/C34H56O7/c1-25(2)20-21-34(3,4)30(41-33-17-11-13-23-39-33)19-18-27-26(14-8-6-7-9-15-31(36)37-5)28(35)24-29(27)40-32-16-10-12-22-38-32/h6,8,18-20,26-30,32-33,35H,7,9-17,21-24H2,1-5H3/b8-6-,19-18+/t26-,27-,28+,29-,30-,32?,33?/m1/s1. The van der Waals surface area contributed by atoms with Crippen LogP contribution in [0.5, 0.6) is 0 Å². The fourth-order valence-corrected chi connectivity index (χ4v) is 5.96. The van der Waals surface area contributed by atoms with Crippen LogP contribution in [0.3, 0.4) is 0 Å². The Morgan fingerprint density at radius 3 is 2.39 bits per heavy atom. The molecule has 7 heteroatoms. The molecule has 3 aliphatic rings. The van der Waals surface area contributed by atoms with E-state index in [-0.39, 0.29) is 48.0 Å².